The lowest BCUT2D eigenvalue weighted by molar-refractivity contribution is 0.632. The number of para-hydroxylation sites is 3. The summed E-state index contributed by atoms with van der Waals surface area (Å²) in [5.74, 6) is 0. The molecule has 0 N–H and O–H groups in total. The summed E-state index contributed by atoms with van der Waals surface area (Å²) < 4.78 is 0. The third-order valence-electron chi connectivity index (χ3n) is 10.6. The Morgan fingerprint density at radius 2 is 0.896 bits per heavy atom. The Kier molecular flexibility index (Phi) is 6.72. The summed E-state index contributed by atoms with van der Waals surface area (Å²) in [7, 11) is 0. The molecule has 2 nitrogen and oxygen atoms in total. The summed E-state index contributed by atoms with van der Waals surface area (Å²) in [4.78, 5) is 7.67. The van der Waals surface area contributed by atoms with Crippen molar-refractivity contribution in [2.45, 2.75) is 19.3 Å². The number of hydrogen-bond acceptors (Lipinski definition) is 2. The van der Waals surface area contributed by atoms with Crippen LogP contribution in [0.3, 0.4) is 0 Å². The van der Waals surface area contributed by atoms with Gasteiger partial charge in [0, 0.05) is 17.2 Å². The molecule has 7 aromatic rings. The van der Waals surface area contributed by atoms with E-state index in [1.54, 1.807) is 0 Å². The molecule has 0 amide bonds. The fraction of sp³-hybridized carbons (Fsp3) is 0.0682. The van der Waals surface area contributed by atoms with Crippen molar-refractivity contribution in [3.8, 4) is 11.3 Å². The van der Waals surface area contributed by atoms with E-state index in [0.29, 0.717) is 0 Å². The molecule has 0 saturated carbocycles. The van der Waals surface area contributed by atoms with Gasteiger partial charge in [0.2, 0.25) is 13.4 Å². The molecule has 9 rings (SSSR count). The average Bonchev–Trinajstić information content (AvgIpc) is 3.14. The van der Waals surface area contributed by atoms with Crippen molar-refractivity contribution >= 4 is 63.3 Å². The second-order valence-electron chi connectivity index (χ2n) is 13.5. The zero-order chi connectivity index (χ0) is 32.2. The molecule has 0 spiro atoms. The van der Waals surface area contributed by atoms with Gasteiger partial charge in [-0.25, -0.2) is 0 Å². The van der Waals surface area contributed by atoms with Gasteiger partial charge in [-0.1, -0.05) is 181 Å². The highest BCUT2D eigenvalue weighted by molar-refractivity contribution is 7.11. The van der Waals surface area contributed by atoms with Gasteiger partial charge in [-0.05, 0) is 40.9 Å². The van der Waals surface area contributed by atoms with Crippen LogP contribution in [0.5, 0.6) is 0 Å². The van der Waals surface area contributed by atoms with E-state index in [2.05, 4.69) is 183 Å². The highest BCUT2D eigenvalue weighted by Gasteiger charge is 2.40. The van der Waals surface area contributed by atoms with Crippen molar-refractivity contribution in [3.05, 3.63) is 181 Å². The van der Waals surface area contributed by atoms with Gasteiger partial charge in [-0.2, -0.15) is 0 Å². The van der Waals surface area contributed by atoms with Crippen LogP contribution in [0.4, 0.5) is 17.1 Å². The first kappa shape index (κ1) is 28.6. The normalized spacial score (nSPS) is 14.1. The van der Waals surface area contributed by atoms with Crippen LogP contribution < -0.4 is 37.7 Å². The fourth-order valence-electron chi connectivity index (χ4n) is 8.42. The molecule has 2 aliphatic heterocycles. The Balaban J connectivity index is 1.27. The molecule has 2 aliphatic rings. The van der Waals surface area contributed by atoms with Crippen molar-refractivity contribution in [3.63, 3.8) is 0 Å². The highest BCUT2D eigenvalue weighted by Crippen LogP contribution is 2.52. The first-order valence-corrected chi connectivity index (χ1v) is 16.9. The van der Waals surface area contributed by atoms with Gasteiger partial charge in [0.05, 0.1) is 22.8 Å². The standard InChI is InChI=1S/C44H34B2N2/c1-44(2)33-20-7-14-28-41(33)48(42-29-15-8-21-34(42)44)40-27-13-6-19-32(40)43-39(26-16-30-47-43)46-37-24-11-9-22-35(37)45(31-17-4-3-5-18-31)36-23-10-12-25-38(36)46/h3-30H,1-2H3. The van der Waals surface area contributed by atoms with Crippen LogP contribution in [-0.4, -0.2) is 18.4 Å². The van der Waals surface area contributed by atoms with E-state index < -0.39 is 0 Å². The molecule has 1 aromatic heterocycles. The Hall–Kier alpha value is -5.60. The Labute approximate surface area is 283 Å². The predicted octanol–water partition coefficient (Wildman–Crippen LogP) is 6.20. The molecular formula is C44H34B2N2. The van der Waals surface area contributed by atoms with Gasteiger partial charge in [-0.15, -0.1) is 0 Å². The number of anilines is 3. The van der Waals surface area contributed by atoms with Gasteiger partial charge >= 0.3 is 0 Å². The molecule has 48 heavy (non-hydrogen) atoms. The van der Waals surface area contributed by atoms with Gasteiger partial charge in [0.1, 0.15) is 0 Å². The zero-order valence-corrected chi connectivity index (χ0v) is 27.2. The van der Waals surface area contributed by atoms with Crippen LogP contribution in [-0.2, 0) is 5.41 Å². The van der Waals surface area contributed by atoms with Crippen LogP contribution >= 0.6 is 0 Å². The van der Waals surface area contributed by atoms with E-state index in [1.165, 1.54) is 55.3 Å². The summed E-state index contributed by atoms with van der Waals surface area (Å²) in [5, 5.41) is 0. The molecule has 3 heterocycles. The van der Waals surface area contributed by atoms with Crippen LogP contribution in [0.2, 0.25) is 0 Å². The van der Waals surface area contributed by atoms with Crippen molar-refractivity contribution in [1.82, 2.24) is 4.98 Å². The summed E-state index contributed by atoms with van der Waals surface area (Å²) in [6, 6.07) is 59.9. The molecule has 0 bridgehead atoms. The van der Waals surface area contributed by atoms with Crippen LogP contribution in [0, 0.1) is 0 Å². The van der Waals surface area contributed by atoms with Crippen molar-refractivity contribution in [2.75, 3.05) is 4.90 Å². The Morgan fingerprint density at radius 1 is 0.438 bits per heavy atom. The largest absolute Gasteiger partial charge is 0.309 e. The zero-order valence-electron chi connectivity index (χ0n) is 27.2. The third kappa shape index (κ3) is 4.33. The van der Waals surface area contributed by atoms with E-state index in [4.69, 9.17) is 4.98 Å². The van der Waals surface area contributed by atoms with E-state index in [9.17, 15) is 0 Å². The molecule has 4 heteroatoms. The lowest BCUT2D eigenvalue weighted by Gasteiger charge is -2.42. The highest BCUT2D eigenvalue weighted by atomic mass is 15.2. The van der Waals surface area contributed by atoms with Crippen molar-refractivity contribution in [1.29, 1.82) is 0 Å². The average molecular weight is 612 g/mol. The number of benzene rings is 6. The van der Waals surface area contributed by atoms with Gasteiger partial charge in [0.15, 0.2) is 0 Å². The number of rotatable bonds is 4. The minimum absolute atomic E-state index is 0.0361. The topological polar surface area (TPSA) is 16.1 Å². The van der Waals surface area contributed by atoms with Crippen LogP contribution in [0.1, 0.15) is 25.0 Å². The summed E-state index contributed by atoms with van der Waals surface area (Å²) in [5.41, 5.74) is 16.1. The molecule has 0 aliphatic carbocycles. The molecule has 0 fully saturated rings. The first-order valence-electron chi connectivity index (χ1n) is 16.9. The summed E-state index contributed by atoms with van der Waals surface area (Å²) >= 11 is 0. The molecule has 0 radical (unpaired) electrons. The maximum absolute atomic E-state index is 5.22. The van der Waals surface area contributed by atoms with Crippen LogP contribution in [0.25, 0.3) is 11.3 Å². The molecule has 226 valence electrons. The van der Waals surface area contributed by atoms with E-state index in [0.717, 1.165) is 16.9 Å². The van der Waals surface area contributed by atoms with E-state index >= 15 is 0 Å². The van der Waals surface area contributed by atoms with Gasteiger partial charge < -0.3 is 4.90 Å². The minimum Gasteiger partial charge on any atom is -0.309 e. The SMILES string of the molecule is CC1(C)c2ccccc2N(c2ccccc2-c2ncccc2B2c3ccccc3B(c3ccccc3)c3ccccc32)c2ccccc21. The summed E-state index contributed by atoms with van der Waals surface area (Å²) in [6.07, 6.45) is 1.95. The predicted molar refractivity (Wildman–Crippen MR) is 205 cm³/mol. The number of nitrogens with zero attached hydrogens (tertiary/aromatic N) is 2. The van der Waals surface area contributed by atoms with Gasteiger partial charge in [0.25, 0.3) is 0 Å². The Morgan fingerprint density at radius 3 is 1.50 bits per heavy atom. The molecule has 6 aromatic carbocycles. The second-order valence-corrected chi connectivity index (χ2v) is 13.5. The lowest BCUT2D eigenvalue weighted by atomic mass is 9.21. The van der Waals surface area contributed by atoms with Crippen molar-refractivity contribution in [2.24, 2.45) is 0 Å². The van der Waals surface area contributed by atoms with E-state index in [1.807, 2.05) is 6.20 Å². The lowest BCUT2D eigenvalue weighted by Crippen LogP contribution is -2.75. The number of hydrogen-bond donors (Lipinski definition) is 0. The number of pyridine rings is 1. The quantitative estimate of drug-likeness (QED) is 0.220. The number of aromatic nitrogens is 1. The van der Waals surface area contributed by atoms with Crippen LogP contribution in [0.15, 0.2) is 170 Å². The summed E-state index contributed by atoms with van der Waals surface area (Å²) in [6.45, 7) is 4.89. The maximum atomic E-state index is 5.22. The third-order valence-corrected chi connectivity index (χ3v) is 10.6. The van der Waals surface area contributed by atoms with Gasteiger partial charge in [-0.3, -0.25) is 4.98 Å². The van der Waals surface area contributed by atoms with Crippen molar-refractivity contribution < 1.29 is 0 Å². The second kappa shape index (κ2) is 11.3. The molecule has 0 unspecified atom stereocenters. The Bertz CT molecular complexity index is 2220. The maximum Gasteiger partial charge on any atom is 0.242 e. The molecule has 0 saturated heterocycles. The first-order chi connectivity index (χ1) is 23.6. The monoisotopic (exact) mass is 612 g/mol. The van der Waals surface area contributed by atoms with E-state index in [-0.39, 0.29) is 18.8 Å². The fourth-order valence-corrected chi connectivity index (χ4v) is 8.42. The number of fused-ring (bicyclic) bond motifs is 4. The minimum atomic E-state index is -0.125. The molecule has 0 atom stereocenters. The molecular weight excluding hydrogens is 578 g/mol. The smallest absolute Gasteiger partial charge is 0.242 e.